The first kappa shape index (κ1) is 17.9. The van der Waals surface area contributed by atoms with Gasteiger partial charge >= 0.3 is 6.16 Å². The van der Waals surface area contributed by atoms with Crippen LogP contribution >= 0.6 is 15.9 Å². The number of hydrogen-bond acceptors (Lipinski definition) is 5. The number of benzene rings is 1. The van der Waals surface area contributed by atoms with Crippen LogP contribution in [-0.2, 0) is 14.8 Å². The minimum Gasteiger partial charge on any atom is -0.450 e. The zero-order valence-corrected chi connectivity index (χ0v) is 13.9. The minimum atomic E-state index is -3.82. The lowest BCUT2D eigenvalue weighted by molar-refractivity contribution is 0.0798. The highest BCUT2D eigenvalue weighted by Crippen LogP contribution is 2.21. The molecule has 0 bridgehead atoms. The van der Waals surface area contributed by atoms with Gasteiger partial charge in [0, 0.05) is 10.5 Å². The number of sulfonamides is 1. The van der Waals surface area contributed by atoms with Crippen LogP contribution in [0.4, 0.5) is 4.79 Å². The molecular formula is C12H17BrN2O5S. The van der Waals surface area contributed by atoms with E-state index in [0.717, 1.165) is 0 Å². The second-order valence-electron chi connectivity index (χ2n) is 4.50. The fraction of sp³-hybridized carbons (Fsp3) is 0.417. The summed E-state index contributed by atoms with van der Waals surface area (Å²) >= 11 is 3.17. The Balaban J connectivity index is 2.90. The van der Waals surface area contributed by atoms with E-state index in [0.29, 0.717) is 4.47 Å². The molecule has 1 rings (SSSR count). The number of rotatable bonds is 7. The van der Waals surface area contributed by atoms with Crippen LogP contribution in [0.5, 0.6) is 0 Å². The van der Waals surface area contributed by atoms with Crippen LogP contribution < -0.4 is 10.0 Å². The Bertz CT molecular complexity index is 591. The van der Waals surface area contributed by atoms with Crippen molar-refractivity contribution in [2.45, 2.75) is 31.0 Å². The lowest BCUT2D eigenvalue weighted by Gasteiger charge is -2.22. The second-order valence-corrected chi connectivity index (χ2v) is 7.04. The first-order chi connectivity index (χ1) is 9.72. The Kier molecular flexibility index (Phi) is 6.59. The predicted molar refractivity (Wildman–Crippen MR) is 80.5 cm³/mol. The van der Waals surface area contributed by atoms with Crippen molar-refractivity contribution < 1.29 is 23.1 Å². The average Bonchev–Trinajstić information content (AvgIpc) is 2.35. The first-order valence-electron chi connectivity index (χ1n) is 6.11. The van der Waals surface area contributed by atoms with Gasteiger partial charge in [0.1, 0.15) is 12.8 Å². The summed E-state index contributed by atoms with van der Waals surface area (Å²) in [5, 5.41) is 11.4. The molecule has 1 aromatic carbocycles. The van der Waals surface area contributed by atoms with Gasteiger partial charge in [-0.05, 0) is 41.9 Å². The normalized spacial score (nSPS) is 13.1. The molecule has 3 N–H and O–H groups in total. The molecule has 118 valence electrons. The van der Waals surface area contributed by atoms with Crippen LogP contribution in [0.15, 0.2) is 33.6 Å². The Morgan fingerprint density at radius 1 is 1.38 bits per heavy atom. The smallest absolute Gasteiger partial charge is 0.450 e. The van der Waals surface area contributed by atoms with Gasteiger partial charge in [-0.25, -0.2) is 13.2 Å². The molecule has 0 amide bonds. The highest BCUT2D eigenvalue weighted by Gasteiger charge is 2.23. The van der Waals surface area contributed by atoms with E-state index in [2.05, 4.69) is 30.7 Å². The molecule has 0 saturated carbocycles. The monoisotopic (exact) mass is 380 g/mol. The molecule has 1 unspecified atom stereocenters. The lowest BCUT2D eigenvalue weighted by Crippen LogP contribution is -2.51. The summed E-state index contributed by atoms with van der Waals surface area (Å²) in [7, 11) is -3.82. The van der Waals surface area contributed by atoms with Crippen LogP contribution in [0.25, 0.3) is 0 Å². The Morgan fingerprint density at radius 3 is 2.52 bits per heavy atom. The van der Waals surface area contributed by atoms with Gasteiger partial charge in [-0.2, -0.15) is 4.72 Å². The molecular weight excluding hydrogens is 364 g/mol. The number of nitrogens with one attached hydrogen (secondary N) is 2. The molecule has 0 aliphatic heterocycles. The third-order valence-electron chi connectivity index (χ3n) is 2.33. The van der Waals surface area contributed by atoms with E-state index in [-0.39, 0.29) is 17.5 Å². The lowest BCUT2D eigenvalue weighted by atomic mass is 10.4. The third-order valence-corrected chi connectivity index (χ3v) is 4.82. The van der Waals surface area contributed by atoms with Crippen molar-refractivity contribution in [1.29, 1.82) is 0 Å². The largest absolute Gasteiger partial charge is 0.505 e. The van der Waals surface area contributed by atoms with Gasteiger partial charge in [0.2, 0.25) is 10.0 Å². The molecule has 0 radical (unpaired) electrons. The van der Waals surface area contributed by atoms with E-state index >= 15 is 0 Å². The van der Waals surface area contributed by atoms with E-state index < -0.39 is 22.3 Å². The van der Waals surface area contributed by atoms with Gasteiger partial charge in [0.05, 0.1) is 4.90 Å². The minimum absolute atomic E-state index is 0.0608. The van der Waals surface area contributed by atoms with Gasteiger partial charge < -0.3 is 9.84 Å². The Hall–Kier alpha value is -1.16. The summed E-state index contributed by atoms with van der Waals surface area (Å²) in [6.45, 7) is 3.28. The van der Waals surface area contributed by atoms with Crippen LogP contribution in [0.2, 0.25) is 0 Å². The number of halogens is 1. The molecule has 1 aromatic rings. The van der Waals surface area contributed by atoms with E-state index in [4.69, 9.17) is 5.11 Å². The van der Waals surface area contributed by atoms with Crippen molar-refractivity contribution in [2.24, 2.45) is 0 Å². The quantitative estimate of drug-likeness (QED) is 0.491. The Morgan fingerprint density at radius 2 is 2.00 bits per heavy atom. The second kappa shape index (κ2) is 7.74. The summed E-state index contributed by atoms with van der Waals surface area (Å²) in [5.74, 6) is 0. The van der Waals surface area contributed by atoms with Crippen molar-refractivity contribution in [3.05, 3.63) is 28.7 Å². The maximum atomic E-state index is 12.3. The number of hydrogen-bond donors (Lipinski definition) is 3. The summed E-state index contributed by atoms with van der Waals surface area (Å²) in [6.07, 6.45) is -2.33. The molecule has 0 aromatic heterocycles. The topological polar surface area (TPSA) is 105 Å². The van der Waals surface area contributed by atoms with E-state index in [1.807, 2.05) is 0 Å². The van der Waals surface area contributed by atoms with E-state index in [9.17, 15) is 13.2 Å². The fourth-order valence-electron chi connectivity index (χ4n) is 1.59. The zero-order valence-electron chi connectivity index (χ0n) is 11.5. The average molecular weight is 381 g/mol. The molecule has 0 aliphatic carbocycles. The van der Waals surface area contributed by atoms with Crippen molar-refractivity contribution in [3.8, 4) is 0 Å². The van der Waals surface area contributed by atoms with Gasteiger partial charge in [-0.3, -0.25) is 5.32 Å². The molecule has 9 heteroatoms. The highest BCUT2D eigenvalue weighted by molar-refractivity contribution is 9.10. The summed E-state index contributed by atoms with van der Waals surface area (Å²) < 4.78 is 31.8. The molecule has 0 spiro atoms. The predicted octanol–water partition coefficient (Wildman–Crippen LogP) is 1.75. The van der Waals surface area contributed by atoms with Crippen molar-refractivity contribution in [1.82, 2.24) is 10.0 Å². The molecule has 0 saturated heterocycles. The maximum Gasteiger partial charge on any atom is 0.505 e. The van der Waals surface area contributed by atoms with Crippen molar-refractivity contribution in [2.75, 3.05) is 6.61 Å². The van der Waals surface area contributed by atoms with E-state index in [1.54, 1.807) is 32.0 Å². The SMILES string of the molecule is CC(C)NC(COC(=O)O)NS(=O)(=O)c1ccccc1Br. The molecule has 7 nitrogen and oxygen atoms in total. The molecule has 21 heavy (non-hydrogen) atoms. The fourth-order valence-corrected chi connectivity index (χ4v) is 3.73. The van der Waals surface area contributed by atoms with Crippen LogP contribution in [0.3, 0.4) is 0 Å². The Labute approximate surface area is 131 Å². The van der Waals surface area contributed by atoms with Crippen LogP contribution in [0.1, 0.15) is 13.8 Å². The van der Waals surface area contributed by atoms with Crippen LogP contribution in [0, 0.1) is 0 Å². The summed E-state index contributed by atoms with van der Waals surface area (Å²) in [5.41, 5.74) is 0. The van der Waals surface area contributed by atoms with E-state index in [1.165, 1.54) is 6.07 Å². The number of carboxylic acid groups (broad SMARTS) is 1. The molecule has 0 aliphatic rings. The summed E-state index contributed by atoms with van der Waals surface area (Å²) in [6, 6.07) is 6.28. The molecule has 1 atom stereocenters. The van der Waals surface area contributed by atoms with Crippen molar-refractivity contribution in [3.63, 3.8) is 0 Å². The van der Waals surface area contributed by atoms with Gasteiger partial charge in [-0.15, -0.1) is 0 Å². The number of ether oxygens (including phenoxy) is 1. The summed E-state index contributed by atoms with van der Waals surface area (Å²) in [4.78, 5) is 10.5. The maximum absolute atomic E-state index is 12.3. The standard InChI is InChI=1S/C12H17BrN2O5S/c1-8(2)14-11(7-20-12(16)17)15-21(18,19)10-6-4-3-5-9(10)13/h3-6,8,11,14-15H,7H2,1-2H3,(H,16,17). The number of carbonyl (C=O) groups is 1. The van der Waals surface area contributed by atoms with Gasteiger partial charge in [0.25, 0.3) is 0 Å². The third kappa shape index (κ3) is 6.00. The van der Waals surface area contributed by atoms with Gasteiger partial charge in [-0.1, -0.05) is 12.1 Å². The van der Waals surface area contributed by atoms with Gasteiger partial charge in [0.15, 0.2) is 0 Å². The molecule has 0 fully saturated rings. The first-order valence-corrected chi connectivity index (χ1v) is 8.38. The molecule has 0 heterocycles. The highest BCUT2D eigenvalue weighted by atomic mass is 79.9. The van der Waals surface area contributed by atoms with Crippen molar-refractivity contribution >= 4 is 32.1 Å². The van der Waals surface area contributed by atoms with Crippen LogP contribution in [-0.4, -0.2) is 38.5 Å². The zero-order chi connectivity index (χ0) is 16.0.